The number of carbonyl (C=O) groups is 1. The number of aryl methyl sites for hydroxylation is 1. The average Bonchev–Trinajstić information content (AvgIpc) is 3.24. The van der Waals surface area contributed by atoms with E-state index in [1.54, 1.807) is 10.7 Å². The minimum absolute atomic E-state index is 0.0735. The Morgan fingerprint density at radius 2 is 2.08 bits per heavy atom. The summed E-state index contributed by atoms with van der Waals surface area (Å²) in [4.78, 5) is 15.5. The summed E-state index contributed by atoms with van der Waals surface area (Å²) in [7, 11) is 1.89. The van der Waals surface area contributed by atoms with E-state index in [-0.39, 0.29) is 5.69 Å². The maximum Gasteiger partial charge on any atom is 0.354 e. The van der Waals surface area contributed by atoms with Gasteiger partial charge >= 0.3 is 5.97 Å². The Labute approximate surface area is 144 Å². The smallest absolute Gasteiger partial charge is 0.354 e. The molecule has 0 unspecified atom stereocenters. The average molecular weight is 335 g/mol. The van der Waals surface area contributed by atoms with Gasteiger partial charge < -0.3 is 9.84 Å². The van der Waals surface area contributed by atoms with Crippen molar-refractivity contribution in [3.8, 4) is 17.0 Å². The molecule has 0 atom stereocenters. The molecule has 1 N–H and O–H groups in total. The maximum atomic E-state index is 11.3. The Kier molecular flexibility index (Phi) is 3.72. The van der Waals surface area contributed by atoms with Crippen LogP contribution in [0.5, 0.6) is 5.75 Å². The first kappa shape index (κ1) is 15.4. The van der Waals surface area contributed by atoms with E-state index in [0.717, 1.165) is 33.8 Å². The fourth-order valence-electron chi connectivity index (χ4n) is 3.06. The van der Waals surface area contributed by atoms with Gasteiger partial charge in [-0.1, -0.05) is 24.3 Å². The quantitative estimate of drug-likeness (QED) is 0.793. The molecule has 6 nitrogen and oxygen atoms in total. The number of pyridine rings is 1. The van der Waals surface area contributed by atoms with E-state index in [2.05, 4.69) is 10.1 Å². The molecule has 6 heteroatoms. The number of aromatic carboxylic acids is 1. The topological polar surface area (TPSA) is 77.2 Å². The van der Waals surface area contributed by atoms with Crippen LogP contribution in [-0.4, -0.2) is 32.4 Å². The lowest BCUT2D eigenvalue weighted by molar-refractivity contribution is 0.0690. The largest absolute Gasteiger partial charge is 0.491 e. The van der Waals surface area contributed by atoms with Crippen molar-refractivity contribution < 1.29 is 14.6 Å². The Balaban J connectivity index is 1.63. The summed E-state index contributed by atoms with van der Waals surface area (Å²) in [6.07, 6.45) is 3.17. The van der Waals surface area contributed by atoms with E-state index < -0.39 is 5.97 Å². The molecule has 0 saturated carbocycles. The van der Waals surface area contributed by atoms with Gasteiger partial charge in [0.1, 0.15) is 11.4 Å². The zero-order chi connectivity index (χ0) is 17.4. The Morgan fingerprint density at radius 1 is 1.28 bits per heavy atom. The van der Waals surface area contributed by atoms with Gasteiger partial charge in [0.05, 0.1) is 18.0 Å². The van der Waals surface area contributed by atoms with Gasteiger partial charge in [-0.2, -0.15) is 5.10 Å². The van der Waals surface area contributed by atoms with Gasteiger partial charge in [0.2, 0.25) is 0 Å². The third-order valence-corrected chi connectivity index (χ3v) is 4.28. The van der Waals surface area contributed by atoms with Crippen LogP contribution >= 0.6 is 0 Å². The van der Waals surface area contributed by atoms with Crippen LogP contribution in [0.2, 0.25) is 0 Å². The molecule has 0 fully saturated rings. The molecular formula is C19H17N3O3. The molecule has 3 aromatic rings. The number of aromatic nitrogens is 3. The van der Waals surface area contributed by atoms with Crippen molar-refractivity contribution in [1.82, 2.24) is 14.8 Å². The predicted octanol–water partition coefficient (Wildman–Crippen LogP) is 2.71. The highest BCUT2D eigenvalue weighted by Gasteiger charge is 2.21. The number of carboxylic acids is 1. The van der Waals surface area contributed by atoms with Crippen LogP contribution < -0.4 is 4.74 Å². The number of hydrogen-bond acceptors (Lipinski definition) is 4. The number of benzene rings is 1. The summed E-state index contributed by atoms with van der Waals surface area (Å²) >= 11 is 0. The summed E-state index contributed by atoms with van der Waals surface area (Å²) in [6, 6.07) is 11.7. The van der Waals surface area contributed by atoms with Gasteiger partial charge in [0, 0.05) is 37.2 Å². The molecule has 0 saturated heterocycles. The Bertz CT molecular complexity index is 945. The first-order valence-electron chi connectivity index (χ1n) is 8.08. The van der Waals surface area contributed by atoms with Crippen LogP contribution in [0, 0.1) is 0 Å². The summed E-state index contributed by atoms with van der Waals surface area (Å²) < 4.78 is 7.44. The molecule has 4 rings (SSSR count). The van der Waals surface area contributed by atoms with E-state index in [1.807, 2.05) is 43.6 Å². The lowest BCUT2D eigenvalue weighted by atomic mass is 10.0. The van der Waals surface area contributed by atoms with Gasteiger partial charge in [-0.05, 0) is 17.7 Å². The van der Waals surface area contributed by atoms with Crippen LogP contribution in [0.1, 0.15) is 27.3 Å². The van der Waals surface area contributed by atoms with E-state index in [1.165, 1.54) is 0 Å². The Morgan fingerprint density at radius 3 is 2.76 bits per heavy atom. The minimum atomic E-state index is -1.01. The highest BCUT2D eigenvalue weighted by Crippen LogP contribution is 2.31. The van der Waals surface area contributed by atoms with Crippen molar-refractivity contribution in [3.05, 3.63) is 65.1 Å². The standard InChI is InChI=1S/C19H17N3O3/c1-22-8-6-15(21-22)13-4-2-12(3-5-13)10-14-11-17(19(23)24)20-16-7-9-25-18(14)16/h2-6,8,11H,7,9-10H2,1H3,(H,23,24). The molecule has 1 aromatic carbocycles. The van der Waals surface area contributed by atoms with Crippen LogP contribution in [0.4, 0.5) is 0 Å². The molecule has 126 valence electrons. The highest BCUT2D eigenvalue weighted by molar-refractivity contribution is 5.86. The molecule has 1 aliphatic heterocycles. The zero-order valence-corrected chi connectivity index (χ0v) is 13.8. The number of rotatable bonds is 4. The first-order valence-corrected chi connectivity index (χ1v) is 8.08. The molecule has 2 aromatic heterocycles. The van der Waals surface area contributed by atoms with Crippen molar-refractivity contribution >= 4 is 5.97 Å². The molecular weight excluding hydrogens is 318 g/mol. The van der Waals surface area contributed by atoms with Gasteiger partial charge in [-0.25, -0.2) is 9.78 Å². The second kappa shape index (κ2) is 6.05. The number of nitrogens with zero attached hydrogens (tertiary/aromatic N) is 3. The van der Waals surface area contributed by atoms with E-state index in [4.69, 9.17) is 4.74 Å². The fourth-order valence-corrected chi connectivity index (χ4v) is 3.06. The van der Waals surface area contributed by atoms with Crippen LogP contribution in [-0.2, 0) is 19.9 Å². The van der Waals surface area contributed by atoms with E-state index in [0.29, 0.717) is 19.4 Å². The third kappa shape index (κ3) is 2.98. The second-order valence-corrected chi connectivity index (χ2v) is 6.09. The maximum absolute atomic E-state index is 11.3. The highest BCUT2D eigenvalue weighted by atomic mass is 16.5. The van der Waals surface area contributed by atoms with Crippen molar-refractivity contribution in [3.63, 3.8) is 0 Å². The van der Waals surface area contributed by atoms with Gasteiger partial charge in [-0.15, -0.1) is 0 Å². The fraction of sp³-hybridized carbons (Fsp3) is 0.211. The van der Waals surface area contributed by atoms with Gasteiger partial charge in [-0.3, -0.25) is 4.68 Å². The lowest BCUT2D eigenvalue weighted by Gasteiger charge is -2.09. The molecule has 0 radical (unpaired) electrons. The normalized spacial score (nSPS) is 12.7. The van der Waals surface area contributed by atoms with Crippen molar-refractivity contribution in [2.45, 2.75) is 12.8 Å². The van der Waals surface area contributed by atoms with E-state index >= 15 is 0 Å². The lowest BCUT2D eigenvalue weighted by Crippen LogP contribution is -2.04. The van der Waals surface area contributed by atoms with E-state index in [9.17, 15) is 9.90 Å². The Hall–Kier alpha value is -3.15. The van der Waals surface area contributed by atoms with Crippen LogP contribution in [0.3, 0.4) is 0 Å². The third-order valence-electron chi connectivity index (χ3n) is 4.28. The summed E-state index contributed by atoms with van der Waals surface area (Å²) in [5.74, 6) is -0.278. The molecule has 3 heterocycles. The van der Waals surface area contributed by atoms with Crippen molar-refractivity contribution in [2.75, 3.05) is 6.61 Å². The molecule has 0 spiro atoms. The second-order valence-electron chi connectivity index (χ2n) is 6.09. The summed E-state index contributed by atoms with van der Waals surface area (Å²) in [5, 5.41) is 13.7. The summed E-state index contributed by atoms with van der Waals surface area (Å²) in [5.41, 5.74) is 4.73. The SMILES string of the molecule is Cn1ccc(-c2ccc(Cc3cc(C(=O)O)nc4c3OCC4)cc2)n1. The van der Waals surface area contributed by atoms with Gasteiger partial charge in [0.15, 0.2) is 0 Å². The van der Waals surface area contributed by atoms with Gasteiger partial charge in [0.25, 0.3) is 0 Å². The number of fused-ring (bicyclic) bond motifs is 1. The molecule has 1 aliphatic rings. The van der Waals surface area contributed by atoms with Crippen LogP contribution in [0.25, 0.3) is 11.3 Å². The molecule has 25 heavy (non-hydrogen) atoms. The monoisotopic (exact) mass is 335 g/mol. The first-order chi connectivity index (χ1) is 12.1. The zero-order valence-electron chi connectivity index (χ0n) is 13.8. The number of carboxylic acid groups (broad SMARTS) is 1. The minimum Gasteiger partial charge on any atom is -0.491 e. The number of hydrogen-bond donors (Lipinski definition) is 1. The number of ether oxygens (including phenoxy) is 1. The summed E-state index contributed by atoms with van der Waals surface area (Å²) in [6.45, 7) is 0.553. The molecule has 0 amide bonds. The van der Waals surface area contributed by atoms with Crippen molar-refractivity contribution in [2.24, 2.45) is 7.05 Å². The van der Waals surface area contributed by atoms with Crippen LogP contribution in [0.15, 0.2) is 42.6 Å². The van der Waals surface area contributed by atoms with Crippen molar-refractivity contribution in [1.29, 1.82) is 0 Å². The predicted molar refractivity (Wildman–Crippen MR) is 91.8 cm³/mol. The molecule has 0 aliphatic carbocycles. The molecule has 0 bridgehead atoms.